The number of carbonyl (C=O) groups is 3. The summed E-state index contributed by atoms with van der Waals surface area (Å²) in [6, 6.07) is 10.8. The molecule has 1 N–H and O–H groups in total. The van der Waals surface area contributed by atoms with Crippen LogP contribution in [0.1, 0.15) is 42.7 Å². The normalized spacial score (nSPS) is 14.9. The highest BCUT2D eigenvalue weighted by atomic mass is 16.5. The van der Waals surface area contributed by atoms with Crippen LogP contribution in [-0.4, -0.2) is 46.9 Å². The predicted octanol–water partition coefficient (Wildman–Crippen LogP) is 2.91. The van der Waals surface area contributed by atoms with Gasteiger partial charge in [0.1, 0.15) is 11.7 Å². The van der Waals surface area contributed by atoms with Gasteiger partial charge in [0.25, 0.3) is 0 Å². The van der Waals surface area contributed by atoms with E-state index in [-0.39, 0.29) is 17.7 Å². The van der Waals surface area contributed by atoms with Gasteiger partial charge in [-0.1, -0.05) is 44.2 Å². The molecule has 1 fully saturated rings. The number of nitrogens with one attached hydrogen (secondary N) is 1. The van der Waals surface area contributed by atoms with Crippen molar-refractivity contribution in [2.75, 3.05) is 19.0 Å². The molecule has 0 radical (unpaired) electrons. The van der Waals surface area contributed by atoms with E-state index in [9.17, 15) is 14.4 Å². The molecule has 2 aromatic rings. The van der Waals surface area contributed by atoms with Gasteiger partial charge in [-0.15, -0.1) is 0 Å². The highest BCUT2D eigenvalue weighted by molar-refractivity contribution is 5.99. The number of rotatable bonds is 7. The highest BCUT2D eigenvalue weighted by Crippen LogP contribution is 2.22. The van der Waals surface area contributed by atoms with Gasteiger partial charge < -0.3 is 19.5 Å². The van der Waals surface area contributed by atoms with Crippen LogP contribution < -0.4 is 5.32 Å². The molecule has 7 heteroatoms. The first-order valence-corrected chi connectivity index (χ1v) is 9.83. The largest absolute Gasteiger partial charge is 0.464 e. The zero-order chi connectivity index (χ0) is 21.0. The average molecular weight is 397 g/mol. The van der Waals surface area contributed by atoms with Crippen molar-refractivity contribution in [1.82, 2.24) is 9.47 Å². The van der Waals surface area contributed by atoms with E-state index in [1.54, 1.807) is 21.7 Å². The van der Waals surface area contributed by atoms with Crippen molar-refractivity contribution in [3.05, 3.63) is 53.9 Å². The summed E-state index contributed by atoms with van der Waals surface area (Å²) in [6.07, 6.45) is 2.98. The van der Waals surface area contributed by atoms with Crippen molar-refractivity contribution < 1.29 is 19.1 Å². The quantitative estimate of drug-likeness (QED) is 0.729. The Morgan fingerprint density at radius 3 is 2.52 bits per heavy atom. The number of benzene rings is 1. The lowest BCUT2D eigenvalue weighted by atomic mass is 10.0. The van der Waals surface area contributed by atoms with Crippen molar-refractivity contribution in [2.45, 2.75) is 39.3 Å². The smallest absolute Gasteiger partial charge is 0.354 e. The van der Waals surface area contributed by atoms with Crippen LogP contribution in [0.5, 0.6) is 0 Å². The lowest BCUT2D eigenvalue weighted by molar-refractivity contribution is -0.136. The Kier molecular flexibility index (Phi) is 6.36. The van der Waals surface area contributed by atoms with Crippen molar-refractivity contribution >= 4 is 23.5 Å². The summed E-state index contributed by atoms with van der Waals surface area (Å²) in [5.74, 6) is -0.737. The second-order valence-corrected chi connectivity index (χ2v) is 7.59. The predicted molar refractivity (Wildman–Crippen MR) is 110 cm³/mol. The van der Waals surface area contributed by atoms with E-state index in [4.69, 9.17) is 4.74 Å². The zero-order valence-electron chi connectivity index (χ0n) is 17.1. The fraction of sp³-hybridized carbons (Fsp3) is 0.409. The van der Waals surface area contributed by atoms with Crippen molar-refractivity contribution in [1.29, 1.82) is 0 Å². The molecule has 0 aliphatic carbocycles. The molecule has 2 heterocycles. The number of anilines is 1. The lowest BCUT2D eigenvalue weighted by Crippen LogP contribution is -2.47. The third-order valence-corrected chi connectivity index (χ3v) is 5.10. The van der Waals surface area contributed by atoms with E-state index in [2.05, 4.69) is 5.32 Å². The summed E-state index contributed by atoms with van der Waals surface area (Å²) >= 11 is 0. The Morgan fingerprint density at radius 2 is 1.93 bits per heavy atom. The molecule has 0 spiro atoms. The van der Waals surface area contributed by atoms with Crippen LogP contribution in [0.25, 0.3) is 0 Å². The third-order valence-electron chi connectivity index (χ3n) is 5.10. The molecule has 1 aliphatic heterocycles. The first-order valence-electron chi connectivity index (χ1n) is 9.83. The molecule has 1 saturated heterocycles. The van der Waals surface area contributed by atoms with Crippen LogP contribution >= 0.6 is 0 Å². The second-order valence-electron chi connectivity index (χ2n) is 7.59. The number of amides is 2. The van der Waals surface area contributed by atoms with Crippen LogP contribution in [0, 0.1) is 5.92 Å². The number of likely N-dealkylation sites (tertiary alicyclic amines) is 1. The Bertz CT molecular complexity index is 889. The van der Waals surface area contributed by atoms with E-state index in [1.807, 2.05) is 44.2 Å². The van der Waals surface area contributed by atoms with Gasteiger partial charge in [0.05, 0.1) is 12.8 Å². The van der Waals surface area contributed by atoms with E-state index in [0.717, 1.165) is 12.0 Å². The summed E-state index contributed by atoms with van der Waals surface area (Å²) in [4.78, 5) is 39.0. The van der Waals surface area contributed by atoms with Crippen LogP contribution in [0.4, 0.5) is 5.69 Å². The number of hydrogen-bond donors (Lipinski definition) is 1. The van der Waals surface area contributed by atoms with Gasteiger partial charge >= 0.3 is 5.97 Å². The van der Waals surface area contributed by atoms with Gasteiger partial charge in [-0.05, 0) is 24.0 Å². The maximum Gasteiger partial charge on any atom is 0.354 e. The van der Waals surface area contributed by atoms with Gasteiger partial charge in [-0.25, -0.2) is 4.79 Å². The number of esters is 1. The first-order chi connectivity index (χ1) is 13.9. The number of ether oxygens (including phenoxy) is 1. The summed E-state index contributed by atoms with van der Waals surface area (Å²) in [6.45, 7) is 4.92. The molecule has 0 unspecified atom stereocenters. The monoisotopic (exact) mass is 397 g/mol. The molecule has 2 amide bonds. The first kappa shape index (κ1) is 20.6. The number of carbonyl (C=O) groups excluding carboxylic acids is 3. The molecule has 7 nitrogen and oxygen atoms in total. The van der Waals surface area contributed by atoms with Gasteiger partial charge in [-0.3, -0.25) is 9.59 Å². The van der Waals surface area contributed by atoms with Gasteiger partial charge in [0.15, 0.2) is 0 Å². The standard InChI is InChI=1S/C22H27N3O4/c1-15(2)20(25-11-7-10-19(25)26)21(27)23-17-12-18(22(28)29-3)24(14-17)13-16-8-5-4-6-9-16/h4-6,8-9,12,14-15,20H,7,10-11,13H2,1-3H3,(H,23,27)/t20-/m0/s1. The second kappa shape index (κ2) is 8.94. The maximum absolute atomic E-state index is 13.0. The Balaban J connectivity index is 1.83. The number of aromatic nitrogens is 1. The minimum Gasteiger partial charge on any atom is -0.464 e. The Labute approximate surface area is 170 Å². The highest BCUT2D eigenvalue weighted by Gasteiger charge is 2.35. The van der Waals surface area contributed by atoms with Gasteiger partial charge in [0.2, 0.25) is 11.8 Å². The molecule has 1 atom stereocenters. The average Bonchev–Trinajstić information content (AvgIpc) is 3.28. The molecule has 1 aromatic heterocycles. The van der Waals surface area contributed by atoms with E-state index < -0.39 is 12.0 Å². The molecular weight excluding hydrogens is 370 g/mol. The zero-order valence-corrected chi connectivity index (χ0v) is 17.1. The van der Waals surface area contributed by atoms with Crippen LogP contribution in [-0.2, 0) is 20.9 Å². The number of hydrogen-bond acceptors (Lipinski definition) is 4. The molecule has 0 bridgehead atoms. The SMILES string of the molecule is COC(=O)c1cc(NC(=O)[C@H](C(C)C)N2CCCC2=O)cn1Cc1ccccc1. The molecule has 29 heavy (non-hydrogen) atoms. The maximum atomic E-state index is 13.0. The molecule has 0 saturated carbocycles. The van der Waals surface area contributed by atoms with Gasteiger partial charge in [0, 0.05) is 25.7 Å². The van der Waals surface area contributed by atoms with Crippen LogP contribution in [0.3, 0.4) is 0 Å². The van der Waals surface area contributed by atoms with Crippen molar-refractivity contribution in [3.63, 3.8) is 0 Å². The fourth-order valence-corrected chi connectivity index (χ4v) is 3.75. The third kappa shape index (κ3) is 4.67. The number of nitrogens with zero attached hydrogens (tertiary/aromatic N) is 2. The summed E-state index contributed by atoms with van der Waals surface area (Å²) in [5.41, 5.74) is 1.88. The summed E-state index contributed by atoms with van der Waals surface area (Å²) < 4.78 is 6.64. The molecule has 3 rings (SSSR count). The summed E-state index contributed by atoms with van der Waals surface area (Å²) in [5, 5.41) is 2.88. The number of methoxy groups -OCH3 is 1. The van der Waals surface area contributed by atoms with E-state index in [0.29, 0.717) is 30.9 Å². The molecular formula is C22H27N3O4. The van der Waals surface area contributed by atoms with Crippen molar-refractivity contribution in [2.24, 2.45) is 5.92 Å². The minimum atomic E-state index is -0.538. The molecule has 1 aliphatic rings. The Hall–Kier alpha value is -3.09. The fourth-order valence-electron chi connectivity index (χ4n) is 3.75. The lowest BCUT2D eigenvalue weighted by Gasteiger charge is -2.29. The van der Waals surface area contributed by atoms with Gasteiger partial charge in [-0.2, -0.15) is 0 Å². The molecule has 154 valence electrons. The molecule has 1 aromatic carbocycles. The van der Waals surface area contributed by atoms with Crippen molar-refractivity contribution in [3.8, 4) is 0 Å². The van der Waals surface area contributed by atoms with Crippen LogP contribution in [0.2, 0.25) is 0 Å². The van der Waals surface area contributed by atoms with E-state index in [1.165, 1.54) is 7.11 Å². The van der Waals surface area contributed by atoms with E-state index >= 15 is 0 Å². The topological polar surface area (TPSA) is 80.6 Å². The van der Waals surface area contributed by atoms with Crippen LogP contribution in [0.15, 0.2) is 42.6 Å². The summed E-state index contributed by atoms with van der Waals surface area (Å²) in [7, 11) is 1.33. The minimum absolute atomic E-state index is 0.00995. The Morgan fingerprint density at radius 1 is 1.21 bits per heavy atom.